The summed E-state index contributed by atoms with van der Waals surface area (Å²) in [4.78, 5) is 19.0. The van der Waals surface area contributed by atoms with Gasteiger partial charge in [-0.1, -0.05) is 55.6 Å². The Labute approximate surface area is 165 Å². The number of thioether (sulfide) groups is 1. The number of hydrogen-bond acceptors (Lipinski definition) is 4. The normalized spacial score (nSPS) is 28.8. The number of carbonyl (C=O) groups excluding carboxylic acids is 1. The Bertz CT molecular complexity index is 860. The van der Waals surface area contributed by atoms with Crippen LogP contribution in [0.1, 0.15) is 44.1 Å². The van der Waals surface area contributed by atoms with Crippen molar-refractivity contribution in [2.45, 2.75) is 56.7 Å². The molecule has 1 aromatic rings. The molecule has 0 unspecified atom stereocenters. The fraction of sp³-hybridized carbons (Fsp3) is 0.600. The molecule has 1 aliphatic carbocycles. The molecule has 0 spiro atoms. The number of fused-ring (bicyclic) bond motifs is 1. The van der Waals surface area contributed by atoms with Crippen molar-refractivity contribution in [2.75, 3.05) is 16.4 Å². The summed E-state index contributed by atoms with van der Waals surface area (Å²) in [5.41, 5.74) is 2.02. The lowest BCUT2D eigenvalue weighted by atomic mass is 10.0. The molecule has 1 aromatic carbocycles. The van der Waals surface area contributed by atoms with Gasteiger partial charge in [0.15, 0.2) is 15.0 Å². The minimum atomic E-state index is -3.03. The Balaban J connectivity index is 1.57. The number of amides is 1. The van der Waals surface area contributed by atoms with E-state index < -0.39 is 9.84 Å². The molecule has 27 heavy (non-hydrogen) atoms. The third kappa shape index (κ3) is 4.09. The molecule has 3 aliphatic rings. The van der Waals surface area contributed by atoms with Crippen molar-refractivity contribution in [2.24, 2.45) is 10.9 Å². The molecule has 0 bridgehead atoms. The van der Waals surface area contributed by atoms with E-state index in [9.17, 15) is 13.2 Å². The molecule has 4 rings (SSSR count). The van der Waals surface area contributed by atoms with Crippen LogP contribution < -0.4 is 4.90 Å². The van der Waals surface area contributed by atoms with Gasteiger partial charge >= 0.3 is 0 Å². The number of benzene rings is 1. The molecule has 2 heterocycles. The number of carbonyl (C=O) groups is 1. The maximum atomic E-state index is 12.5. The van der Waals surface area contributed by atoms with Gasteiger partial charge in [-0.25, -0.2) is 8.42 Å². The first-order valence-electron chi connectivity index (χ1n) is 9.76. The lowest BCUT2D eigenvalue weighted by molar-refractivity contribution is -0.118. The Morgan fingerprint density at radius 2 is 1.96 bits per heavy atom. The monoisotopic (exact) mass is 406 g/mol. The highest BCUT2D eigenvalue weighted by molar-refractivity contribution is 8.16. The molecule has 0 aromatic heterocycles. The van der Waals surface area contributed by atoms with E-state index in [1.165, 1.54) is 37.4 Å². The van der Waals surface area contributed by atoms with Gasteiger partial charge < -0.3 is 4.90 Å². The summed E-state index contributed by atoms with van der Waals surface area (Å²) in [6.07, 6.45) is 6.44. The van der Waals surface area contributed by atoms with Crippen LogP contribution in [0.25, 0.3) is 0 Å². The van der Waals surface area contributed by atoms with Crippen molar-refractivity contribution in [1.82, 2.24) is 0 Å². The van der Waals surface area contributed by atoms with Crippen LogP contribution in [0.4, 0.5) is 5.69 Å². The van der Waals surface area contributed by atoms with Gasteiger partial charge in [0.1, 0.15) is 0 Å². The number of aryl methyl sites for hydroxylation is 1. The number of sulfone groups is 1. The van der Waals surface area contributed by atoms with Gasteiger partial charge in [0.05, 0.1) is 17.5 Å². The van der Waals surface area contributed by atoms with Gasteiger partial charge in [-0.2, -0.15) is 4.99 Å². The third-order valence-electron chi connectivity index (χ3n) is 5.90. The van der Waals surface area contributed by atoms with Crippen LogP contribution in [0, 0.1) is 12.8 Å². The molecule has 3 fully saturated rings. The zero-order valence-corrected chi connectivity index (χ0v) is 17.3. The van der Waals surface area contributed by atoms with Gasteiger partial charge in [0.2, 0.25) is 5.91 Å². The maximum Gasteiger partial charge on any atom is 0.248 e. The number of aliphatic imine (C=N–C) groups is 1. The van der Waals surface area contributed by atoms with Crippen molar-refractivity contribution in [3.05, 3.63) is 29.8 Å². The smallest absolute Gasteiger partial charge is 0.248 e. The van der Waals surface area contributed by atoms with E-state index in [2.05, 4.69) is 4.99 Å². The summed E-state index contributed by atoms with van der Waals surface area (Å²) in [6, 6.07) is 7.78. The Kier molecular flexibility index (Phi) is 5.34. The summed E-state index contributed by atoms with van der Waals surface area (Å²) in [6.45, 7) is 2.01. The molecule has 7 heteroatoms. The second-order valence-electron chi connectivity index (χ2n) is 7.93. The summed E-state index contributed by atoms with van der Waals surface area (Å²) in [5, 5.41) is 0.626. The van der Waals surface area contributed by atoms with E-state index in [0.29, 0.717) is 17.5 Å². The van der Waals surface area contributed by atoms with Gasteiger partial charge in [-0.05, 0) is 30.9 Å². The predicted molar refractivity (Wildman–Crippen MR) is 111 cm³/mol. The molecule has 2 aliphatic heterocycles. The van der Waals surface area contributed by atoms with Crippen LogP contribution in [0.2, 0.25) is 0 Å². The maximum absolute atomic E-state index is 12.5. The summed E-state index contributed by atoms with van der Waals surface area (Å²) >= 11 is 1.46. The van der Waals surface area contributed by atoms with Crippen LogP contribution >= 0.6 is 11.8 Å². The predicted octanol–water partition coefficient (Wildman–Crippen LogP) is 3.57. The minimum Gasteiger partial charge on any atom is -0.315 e. The number of nitrogens with zero attached hydrogens (tertiary/aromatic N) is 2. The number of para-hydroxylation sites is 1. The van der Waals surface area contributed by atoms with Gasteiger partial charge in [0, 0.05) is 17.4 Å². The van der Waals surface area contributed by atoms with Gasteiger partial charge in [-0.15, -0.1) is 0 Å². The quantitative estimate of drug-likeness (QED) is 0.765. The molecular formula is C20H26N2O3S2. The average molecular weight is 407 g/mol. The van der Waals surface area contributed by atoms with E-state index in [-0.39, 0.29) is 28.7 Å². The van der Waals surface area contributed by atoms with Gasteiger partial charge in [0.25, 0.3) is 0 Å². The van der Waals surface area contributed by atoms with Crippen LogP contribution in [-0.2, 0) is 14.6 Å². The van der Waals surface area contributed by atoms with Crippen LogP contribution in [-0.4, -0.2) is 42.3 Å². The van der Waals surface area contributed by atoms with Gasteiger partial charge in [-0.3, -0.25) is 4.79 Å². The molecule has 1 saturated carbocycles. The third-order valence-corrected chi connectivity index (χ3v) is 9.11. The lowest BCUT2D eigenvalue weighted by Gasteiger charge is -2.26. The zero-order valence-electron chi connectivity index (χ0n) is 15.6. The molecule has 0 radical (unpaired) electrons. The molecule has 5 nitrogen and oxygen atoms in total. The fourth-order valence-corrected chi connectivity index (χ4v) is 8.39. The molecule has 2 saturated heterocycles. The highest BCUT2D eigenvalue weighted by atomic mass is 32.2. The Morgan fingerprint density at radius 1 is 1.22 bits per heavy atom. The van der Waals surface area contributed by atoms with E-state index >= 15 is 0 Å². The minimum absolute atomic E-state index is 0.0454. The molecule has 2 atom stereocenters. The van der Waals surface area contributed by atoms with Crippen molar-refractivity contribution in [3.8, 4) is 0 Å². The lowest BCUT2D eigenvalue weighted by Crippen LogP contribution is -2.38. The number of anilines is 1. The van der Waals surface area contributed by atoms with E-state index in [1.807, 2.05) is 36.1 Å². The fourth-order valence-electron chi connectivity index (χ4n) is 4.47. The second kappa shape index (κ2) is 7.59. The second-order valence-corrected chi connectivity index (χ2v) is 11.3. The first-order valence-corrected chi connectivity index (χ1v) is 12.5. The largest absolute Gasteiger partial charge is 0.315 e. The van der Waals surface area contributed by atoms with Crippen LogP contribution in [0.15, 0.2) is 29.3 Å². The Morgan fingerprint density at radius 3 is 2.70 bits per heavy atom. The van der Waals surface area contributed by atoms with Crippen LogP contribution in [0.5, 0.6) is 0 Å². The van der Waals surface area contributed by atoms with Crippen molar-refractivity contribution in [1.29, 1.82) is 0 Å². The molecule has 1 amide bonds. The summed E-state index contributed by atoms with van der Waals surface area (Å²) in [7, 11) is -3.03. The summed E-state index contributed by atoms with van der Waals surface area (Å²) in [5.74, 6) is 0.891. The highest BCUT2D eigenvalue weighted by Crippen LogP contribution is 2.42. The SMILES string of the molecule is Cc1ccccc1N1C(=NC(=O)CCC2CCCC2)S[C@H]2CS(=O)(=O)C[C@H]21. The molecular weight excluding hydrogens is 380 g/mol. The number of rotatable bonds is 4. The van der Waals surface area contributed by atoms with E-state index in [0.717, 1.165) is 17.7 Å². The Hall–Kier alpha value is -1.34. The standard InChI is InChI=1S/C20H26N2O3S2/c1-14-6-2-5-9-16(14)22-17-12-27(24,25)13-18(17)26-20(22)21-19(23)11-10-15-7-3-4-8-15/h2,5-6,9,15,17-18H,3-4,7-8,10-13H2,1H3/t17-,18+/m1/s1. The number of hydrogen-bond donors (Lipinski definition) is 0. The van der Waals surface area contributed by atoms with Crippen molar-refractivity contribution >= 4 is 38.4 Å². The van der Waals surface area contributed by atoms with Crippen molar-refractivity contribution < 1.29 is 13.2 Å². The molecule has 146 valence electrons. The summed E-state index contributed by atoms with van der Waals surface area (Å²) < 4.78 is 24.3. The highest BCUT2D eigenvalue weighted by Gasteiger charge is 2.49. The first kappa shape index (κ1) is 19.0. The van der Waals surface area contributed by atoms with Crippen molar-refractivity contribution in [3.63, 3.8) is 0 Å². The topological polar surface area (TPSA) is 66.8 Å². The first-order chi connectivity index (χ1) is 12.9. The van der Waals surface area contributed by atoms with Crippen LogP contribution in [0.3, 0.4) is 0 Å². The number of amidine groups is 1. The average Bonchev–Trinajstić information content (AvgIpc) is 3.29. The van der Waals surface area contributed by atoms with E-state index in [4.69, 9.17) is 0 Å². The zero-order chi connectivity index (χ0) is 19.0. The molecule has 0 N–H and O–H groups in total. The van der Waals surface area contributed by atoms with E-state index in [1.54, 1.807) is 0 Å².